The lowest BCUT2D eigenvalue weighted by molar-refractivity contribution is 0.0185. The summed E-state index contributed by atoms with van der Waals surface area (Å²) in [5.74, 6) is 0.595. The van der Waals surface area contributed by atoms with Crippen molar-refractivity contribution in [2.75, 3.05) is 13.1 Å². The summed E-state index contributed by atoms with van der Waals surface area (Å²) in [7, 11) is 0. The normalized spacial score (nSPS) is 16.3. The van der Waals surface area contributed by atoms with Crippen LogP contribution in [0.15, 0.2) is 18.3 Å². The van der Waals surface area contributed by atoms with Gasteiger partial charge in [-0.1, -0.05) is 0 Å². The molecule has 1 fully saturated rings. The summed E-state index contributed by atoms with van der Waals surface area (Å²) < 4.78 is 13.1. The number of ether oxygens (including phenoxy) is 2. The minimum Gasteiger partial charge on any atom is -0.475 e. The fraction of sp³-hybridized carbons (Fsp3) is 0.632. The lowest BCUT2D eigenvalue weighted by Gasteiger charge is -2.33. The molecule has 0 bridgehead atoms. The van der Waals surface area contributed by atoms with Crippen LogP contribution < -0.4 is 4.74 Å². The molecular formula is C19H28N4O3. The molecule has 1 amide bonds. The Hall–Kier alpha value is -2.31. The van der Waals surface area contributed by atoms with E-state index in [-0.39, 0.29) is 18.2 Å². The third kappa shape index (κ3) is 4.45. The number of aromatic nitrogens is 3. The molecule has 0 spiro atoms. The van der Waals surface area contributed by atoms with Gasteiger partial charge < -0.3 is 14.4 Å². The molecule has 7 heteroatoms. The Kier molecular flexibility index (Phi) is 5.07. The van der Waals surface area contributed by atoms with Crippen LogP contribution in [0.3, 0.4) is 0 Å². The third-order valence-electron chi connectivity index (χ3n) is 4.21. The molecule has 0 saturated carbocycles. The quantitative estimate of drug-likeness (QED) is 0.833. The van der Waals surface area contributed by atoms with Gasteiger partial charge >= 0.3 is 6.09 Å². The molecule has 0 aliphatic carbocycles. The summed E-state index contributed by atoms with van der Waals surface area (Å²) in [5.41, 5.74) is 0.229. The smallest absolute Gasteiger partial charge is 0.410 e. The Bertz CT molecular complexity index is 771. The van der Waals surface area contributed by atoms with Gasteiger partial charge in [-0.05, 0) is 53.5 Å². The number of rotatable bonds is 3. The molecule has 142 valence electrons. The van der Waals surface area contributed by atoms with Gasteiger partial charge in [0.15, 0.2) is 5.65 Å². The SMILES string of the molecule is CC(C)Oc1ccc2cn(C3CCN(C(=O)OC(C)(C)C)CC3)nc2n1. The van der Waals surface area contributed by atoms with E-state index in [0.717, 1.165) is 18.2 Å². The molecule has 1 aliphatic rings. The van der Waals surface area contributed by atoms with Gasteiger partial charge in [0.1, 0.15) is 5.60 Å². The number of pyridine rings is 1. The minimum absolute atomic E-state index is 0.0826. The van der Waals surface area contributed by atoms with E-state index < -0.39 is 5.60 Å². The second-order valence-electron chi connectivity index (χ2n) is 8.04. The number of carbonyl (C=O) groups is 1. The molecule has 1 saturated heterocycles. The van der Waals surface area contributed by atoms with E-state index in [1.807, 2.05) is 57.6 Å². The Balaban J connectivity index is 1.65. The zero-order chi connectivity index (χ0) is 18.9. The first-order valence-corrected chi connectivity index (χ1v) is 9.22. The molecule has 0 radical (unpaired) electrons. The first-order valence-electron chi connectivity index (χ1n) is 9.22. The van der Waals surface area contributed by atoms with Crippen molar-refractivity contribution < 1.29 is 14.3 Å². The van der Waals surface area contributed by atoms with Crippen LogP contribution in [0.5, 0.6) is 5.88 Å². The third-order valence-corrected chi connectivity index (χ3v) is 4.21. The molecule has 0 atom stereocenters. The van der Waals surface area contributed by atoms with Crippen LogP contribution in [-0.2, 0) is 4.74 Å². The summed E-state index contributed by atoms with van der Waals surface area (Å²) in [6, 6.07) is 4.12. The summed E-state index contributed by atoms with van der Waals surface area (Å²) >= 11 is 0. The Labute approximate surface area is 154 Å². The molecule has 7 nitrogen and oxygen atoms in total. The first kappa shape index (κ1) is 18.5. The number of carbonyl (C=O) groups excluding carboxylic acids is 1. The van der Waals surface area contributed by atoms with Crippen molar-refractivity contribution >= 4 is 17.1 Å². The van der Waals surface area contributed by atoms with Crippen molar-refractivity contribution in [3.05, 3.63) is 18.3 Å². The predicted octanol–water partition coefficient (Wildman–Crippen LogP) is 3.79. The molecule has 0 aromatic carbocycles. The molecule has 2 aromatic heterocycles. The van der Waals surface area contributed by atoms with Gasteiger partial charge in [-0.25, -0.2) is 4.79 Å². The maximum absolute atomic E-state index is 12.2. The van der Waals surface area contributed by atoms with E-state index in [4.69, 9.17) is 9.47 Å². The van der Waals surface area contributed by atoms with E-state index in [1.54, 1.807) is 4.90 Å². The van der Waals surface area contributed by atoms with Gasteiger partial charge in [0.25, 0.3) is 0 Å². The van der Waals surface area contributed by atoms with Crippen LogP contribution in [0, 0.1) is 0 Å². The molecule has 3 heterocycles. The van der Waals surface area contributed by atoms with E-state index in [1.165, 1.54) is 0 Å². The summed E-state index contributed by atoms with van der Waals surface area (Å²) in [5, 5.41) is 5.62. The highest BCUT2D eigenvalue weighted by Crippen LogP contribution is 2.25. The maximum atomic E-state index is 12.2. The molecule has 2 aromatic rings. The number of hydrogen-bond donors (Lipinski definition) is 0. The predicted molar refractivity (Wildman–Crippen MR) is 99.4 cm³/mol. The Morgan fingerprint density at radius 2 is 1.92 bits per heavy atom. The van der Waals surface area contributed by atoms with Crippen LogP contribution in [0.4, 0.5) is 4.79 Å². The average molecular weight is 360 g/mol. The fourth-order valence-corrected chi connectivity index (χ4v) is 3.04. The maximum Gasteiger partial charge on any atom is 0.410 e. The van der Waals surface area contributed by atoms with Gasteiger partial charge in [-0.3, -0.25) is 4.68 Å². The number of fused-ring (bicyclic) bond motifs is 1. The number of likely N-dealkylation sites (tertiary alicyclic amines) is 1. The number of piperidine rings is 1. The van der Waals surface area contributed by atoms with E-state index in [9.17, 15) is 4.79 Å². The van der Waals surface area contributed by atoms with Crippen LogP contribution >= 0.6 is 0 Å². The zero-order valence-corrected chi connectivity index (χ0v) is 16.2. The second kappa shape index (κ2) is 7.13. The Morgan fingerprint density at radius 1 is 1.23 bits per heavy atom. The van der Waals surface area contributed by atoms with Crippen molar-refractivity contribution in [2.45, 2.75) is 65.2 Å². The molecule has 0 unspecified atom stereocenters. The van der Waals surface area contributed by atoms with Crippen LogP contribution in [0.1, 0.15) is 53.5 Å². The molecular weight excluding hydrogens is 332 g/mol. The van der Waals surface area contributed by atoms with Gasteiger partial charge in [0.2, 0.25) is 5.88 Å². The van der Waals surface area contributed by atoms with Crippen LogP contribution in [0.25, 0.3) is 11.0 Å². The summed E-state index contributed by atoms with van der Waals surface area (Å²) in [6.07, 6.45) is 3.57. The standard InChI is InChI=1S/C19H28N4O3/c1-13(2)25-16-7-6-14-12-23(21-17(14)20-16)15-8-10-22(11-9-15)18(24)26-19(3,4)5/h6-7,12-13,15H,8-11H2,1-5H3. The molecule has 26 heavy (non-hydrogen) atoms. The molecule has 1 aliphatic heterocycles. The lowest BCUT2D eigenvalue weighted by atomic mass is 10.1. The fourth-order valence-electron chi connectivity index (χ4n) is 3.04. The number of hydrogen-bond acceptors (Lipinski definition) is 5. The summed E-state index contributed by atoms with van der Waals surface area (Å²) in [6.45, 7) is 11.0. The average Bonchev–Trinajstić information content (AvgIpc) is 2.96. The highest BCUT2D eigenvalue weighted by molar-refractivity contribution is 5.74. The number of nitrogens with zero attached hydrogens (tertiary/aromatic N) is 4. The highest BCUT2D eigenvalue weighted by Gasteiger charge is 2.28. The van der Waals surface area contributed by atoms with E-state index in [2.05, 4.69) is 10.1 Å². The molecule has 0 N–H and O–H groups in total. The monoisotopic (exact) mass is 360 g/mol. The van der Waals surface area contributed by atoms with Crippen molar-refractivity contribution in [3.8, 4) is 5.88 Å². The van der Waals surface area contributed by atoms with Crippen molar-refractivity contribution in [1.29, 1.82) is 0 Å². The summed E-state index contributed by atoms with van der Waals surface area (Å²) in [4.78, 5) is 18.4. The van der Waals surface area contributed by atoms with E-state index in [0.29, 0.717) is 24.6 Å². The van der Waals surface area contributed by atoms with Crippen LogP contribution in [-0.4, -0.2) is 50.6 Å². The van der Waals surface area contributed by atoms with Gasteiger partial charge in [-0.15, -0.1) is 0 Å². The highest BCUT2D eigenvalue weighted by atomic mass is 16.6. The van der Waals surface area contributed by atoms with Crippen molar-refractivity contribution in [3.63, 3.8) is 0 Å². The van der Waals surface area contributed by atoms with Crippen molar-refractivity contribution in [1.82, 2.24) is 19.7 Å². The second-order valence-corrected chi connectivity index (χ2v) is 8.04. The largest absolute Gasteiger partial charge is 0.475 e. The Morgan fingerprint density at radius 3 is 2.54 bits per heavy atom. The van der Waals surface area contributed by atoms with Gasteiger partial charge in [-0.2, -0.15) is 10.1 Å². The number of amides is 1. The van der Waals surface area contributed by atoms with E-state index >= 15 is 0 Å². The van der Waals surface area contributed by atoms with Gasteiger partial charge in [0.05, 0.1) is 12.1 Å². The minimum atomic E-state index is -0.463. The molecule has 3 rings (SSSR count). The van der Waals surface area contributed by atoms with Crippen molar-refractivity contribution in [2.24, 2.45) is 0 Å². The lowest BCUT2D eigenvalue weighted by Crippen LogP contribution is -2.42. The zero-order valence-electron chi connectivity index (χ0n) is 16.2. The topological polar surface area (TPSA) is 69.5 Å². The first-order chi connectivity index (χ1) is 12.2. The van der Waals surface area contributed by atoms with Gasteiger partial charge in [0, 0.05) is 30.7 Å². The van der Waals surface area contributed by atoms with Crippen LogP contribution in [0.2, 0.25) is 0 Å².